The summed E-state index contributed by atoms with van der Waals surface area (Å²) in [6, 6.07) is 0.510. The second-order valence-corrected chi connectivity index (χ2v) is 5.11. The summed E-state index contributed by atoms with van der Waals surface area (Å²) < 4.78 is 0. The molecule has 0 unspecified atom stereocenters. The first-order chi connectivity index (χ1) is 9.26. The number of nitrogens with zero attached hydrogens (tertiary/aromatic N) is 3. The van der Waals surface area contributed by atoms with E-state index in [2.05, 4.69) is 34.0 Å². The molecule has 0 aliphatic heterocycles. The molecule has 1 heterocycles. The van der Waals surface area contributed by atoms with Crippen molar-refractivity contribution in [2.45, 2.75) is 52.0 Å². The molecule has 1 aromatic heterocycles. The lowest BCUT2D eigenvalue weighted by molar-refractivity contribution is 0.462. The zero-order chi connectivity index (χ0) is 13.7. The standard InChI is InChI=1S/C14H25N5/c1-3-19(4-2)14-12(15)13(16-10-17-14)18-11-8-6-5-7-9-11/h10-11H,3-9,15H2,1-2H3,(H,16,17,18). The molecule has 5 nitrogen and oxygen atoms in total. The molecule has 0 saturated heterocycles. The van der Waals surface area contributed by atoms with Crippen LogP contribution in [0.4, 0.5) is 17.3 Å². The zero-order valence-electron chi connectivity index (χ0n) is 12.0. The number of hydrogen-bond acceptors (Lipinski definition) is 5. The van der Waals surface area contributed by atoms with E-state index in [0.29, 0.717) is 11.7 Å². The fraction of sp³-hybridized carbons (Fsp3) is 0.714. The third-order valence-corrected chi connectivity index (χ3v) is 3.87. The molecule has 3 N–H and O–H groups in total. The van der Waals surface area contributed by atoms with Crippen molar-refractivity contribution in [3.8, 4) is 0 Å². The Hall–Kier alpha value is -1.52. The molecule has 0 aromatic carbocycles. The first-order valence-corrected chi connectivity index (χ1v) is 7.38. The molecular formula is C14H25N5. The van der Waals surface area contributed by atoms with E-state index in [0.717, 1.165) is 24.7 Å². The molecule has 0 atom stereocenters. The summed E-state index contributed by atoms with van der Waals surface area (Å²) in [5.41, 5.74) is 6.90. The van der Waals surface area contributed by atoms with Gasteiger partial charge in [-0.05, 0) is 26.7 Å². The van der Waals surface area contributed by atoms with Crippen LogP contribution in [0.2, 0.25) is 0 Å². The van der Waals surface area contributed by atoms with Gasteiger partial charge in [0.05, 0.1) is 0 Å². The highest BCUT2D eigenvalue weighted by atomic mass is 15.2. The first-order valence-electron chi connectivity index (χ1n) is 7.38. The minimum absolute atomic E-state index is 0.510. The van der Waals surface area contributed by atoms with Crippen molar-refractivity contribution in [2.75, 3.05) is 29.0 Å². The maximum atomic E-state index is 6.22. The minimum Gasteiger partial charge on any atom is -0.393 e. The van der Waals surface area contributed by atoms with Gasteiger partial charge in [-0.1, -0.05) is 19.3 Å². The van der Waals surface area contributed by atoms with Crippen LogP contribution in [0.3, 0.4) is 0 Å². The van der Waals surface area contributed by atoms with Crippen molar-refractivity contribution in [2.24, 2.45) is 0 Å². The van der Waals surface area contributed by atoms with Gasteiger partial charge in [-0.15, -0.1) is 0 Å². The number of nitrogen functional groups attached to an aromatic ring is 1. The highest BCUT2D eigenvalue weighted by Gasteiger charge is 2.17. The average Bonchev–Trinajstić information content (AvgIpc) is 2.45. The van der Waals surface area contributed by atoms with Gasteiger partial charge in [0.2, 0.25) is 0 Å². The Bertz CT molecular complexity index is 397. The summed E-state index contributed by atoms with van der Waals surface area (Å²) >= 11 is 0. The Balaban J connectivity index is 2.14. The van der Waals surface area contributed by atoms with Gasteiger partial charge in [-0.3, -0.25) is 0 Å². The van der Waals surface area contributed by atoms with E-state index >= 15 is 0 Å². The monoisotopic (exact) mass is 263 g/mol. The second kappa shape index (κ2) is 6.59. The predicted molar refractivity (Wildman–Crippen MR) is 80.5 cm³/mol. The van der Waals surface area contributed by atoms with Crippen LogP contribution in [0.15, 0.2) is 6.33 Å². The molecule has 1 fully saturated rings. The first kappa shape index (κ1) is 13.9. The Labute approximate surface area is 115 Å². The maximum Gasteiger partial charge on any atom is 0.157 e. The Morgan fingerprint density at radius 3 is 2.53 bits per heavy atom. The van der Waals surface area contributed by atoms with E-state index in [1.165, 1.54) is 32.1 Å². The van der Waals surface area contributed by atoms with Crippen LogP contribution in [0.5, 0.6) is 0 Å². The van der Waals surface area contributed by atoms with Crippen LogP contribution in [-0.2, 0) is 0 Å². The largest absolute Gasteiger partial charge is 0.393 e. The SMILES string of the molecule is CCN(CC)c1ncnc(NC2CCCCC2)c1N. The van der Waals surface area contributed by atoms with E-state index in [9.17, 15) is 0 Å². The van der Waals surface area contributed by atoms with Crippen molar-refractivity contribution in [3.05, 3.63) is 6.33 Å². The van der Waals surface area contributed by atoms with Gasteiger partial charge < -0.3 is 16.0 Å². The van der Waals surface area contributed by atoms with Crippen molar-refractivity contribution < 1.29 is 0 Å². The van der Waals surface area contributed by atoms with E-state index in [-0.39, 0.29) is 0 Å². The molecule has 19 heavy (non-hydrogen) atoms. The topological polar surface area (TPSA) is 67.1 Å². The van der Waals surface area contributed by atoms with Gasteiger partial charge in [0, 0.05) is 19.1 Å². The molecule has 0 radical (unpaired) electrons. The van der Waals surface area contributed by atoms with E-state index < -0.39 is 0 Å². The molecule has 1 aromatic rings. The summed E-state index contributed by atoms with van der Waals surface area (Å²) in [5, 5.41) is 3.49. The molecule has 1 saturated carbocycles. The quantitative estimate of drug-likeness (QED) is 0.855. The van der Waals surface area contributed by atoms with Crippen molar-refractivity contribution in [1.29, 1.82) is 0 Å². The highest BCUT2D eigenvalue weighted by molar-refractivity contribution is 5.75. The minimum atomic E-state index is 0.510. The van der Waals surface area contributed by atoms with Gasteiger partial charge >= 0.3 is 0 Å². The number of rotatable bonds is 5. The number of nitrogens with one attached hydrogen (secondary N) is 1. The number of aromatic nitrogens is 2. The summed E-state index contributed by atoms with van der Waals surface area (Å²) in [5.74, 6) is 1.64. The van der Waals surface area contributed by atoms with Gasteiger partial charge in [0.15, 0.2) is 11.6 Å². The molecule has 5 heteroatoms. The molecule has 0 spiro atoms. The second-order valence-electron chi connectivity index (χ2n) is 5.11. The van der Waals surface area contributed by atoms with E-state index in [1.807, 2.05) is 0 Å². The van der Waals surface area contributed by atoms with Crippen LogP contribution in [0.1, 0.15) is 46.0 Å². The van der Waals surface area contributed by atoms with Gasteiger partial charge in [0.1, 0.15) is 12.0 Å². The normalized spacial score (nSPS) is 16.3. The smallest absolute Gasteiger partial charge is 0.157 e. The summed E-state index contributed by atoms with van der Waals surface area (Å²) in [6.45, 7) is 6.03. The molecule has 2 rings (SSSR count). The molecule has 1 aliphatic carbocycles. The average molecular weight is 263 g/mol. The fourth-order valence-corrected chi connectivity index (χ4v) is 2.72. The van der Waals surface area contributed by atoms with Crippen LogP contribution >= 0.6 is 0 Å². The van der Waals surface area contributed by atoms with Gasteiger partial charge in [0.25, 0.3) is 0 Å². The van der Waals surface area contributed by atoms with Crippen LogP contribution in [0.25, 0.3) is 0 Å². The van der Waals surface area contributed by atoms with Crippen LogP contribution < -0.4 is 16.0 Å². The molecule has 1 aliphatic rings. The summed E-state index contributed by atoms with van der Waals surface area (Å²) in [4.78, 5) is 10.8. The number of hydrogen-bond donors (Lipinski definition) is 2. The van der Waals surface area contributed by atoms with Crippen molar-refractivity contribution >= 4 is 17.3 Å². The lowest BCUT2D eigenvalue weighted by Crippen LogP contribution is -2.27. The lowest BCUT2D eigenvalue weighted by atomic mass is 9.95. The molecule has 106 valence electrons. The molecule has 0 amide bonds. The number of anilines is 3. The molecule has 0 bridgehead atoms. The Morgan fingerprint density at radius 2 is 1.89 bits per heavy atom. The lowest BCUT2D eigenvalue weighted by Gasteiger charge is -2.26. The highest BCUT2D eigenvalue weighted by Crippen LogP contribution is 2.28. The third-order valence-electron chi connectivity index (χ3n) is 3.87. The van der Waals surface area contributed by atoms with Crippen LogP contribution in [-0.4, -0.2) is 29.1 Å². The van der Waals surface area contributed by atoms with Gasteiger partial charge in [-0.2, -0.15) is 0 Å². The van der Waals surface area contributed by atoms with E-state index in [1.54, 1.807) is 6.33 Å². The summed E-state index contributed by atoms with van der Waals surface area (Å²) in [7, 11) is 0. The van der Waals surface area contributed by atoms with E-state index in [4.69, 9.17) is 5.73 Å². The number of nitrogens with two attached hydrogens (primary N) is 1. The van der Waals surface area contributed by atoms with Gasteiger partial charge in [-0.25, -0.2) is 9.97 Å². The maximum absolute atomic E-state index is 6.22. The Morgan fingerprint density at radius 1 is 1.21 bits per heavy atom. The predicted octanol–water partition coefficient (Wildman–Crippen LogP) is 2.65. The van der Waals surface area contributed by atoms with Crippen LogP contribution in [0, 0.1) is 0 Å². The summed E-state index contributed by atoms with van der Waals surface area (Å²) in [6.07, 6.45) is 7.97. The fourth-order valence-electron chi connectivity index (χ4n) is 2.72. The van der Waals surface area contributed by atoms with Crippen molar-refractivity contribution in [3.63, 3.8) is 0 Å². The van der Waals surface area contributed by atoms with Crippen molar-refractivity contribution in [1.82, 2.24) is 9.97 Å². The third kappa shape index (κ3) is 3.28. The zero-order valence-corrected chi connectivity index (χ0v) is 12.0. The Kier molecular flexibility index (Phi) is 4.82. The molecular weight excluding hydrogens is 238 g/mol.